The average molecular weight is 338 g/mol. The number of pyridine rings is 1. The Labute approximate surface area is 147 Å². The first kappa shape index (κ1) is 16.1. The lowest BCUT2D eigenvalue weighted by Crippen LogP contribution is -2.36. The van der Waals surface area contributed by atoms with Crippen LogP contribution in [0.3, 0.4) is 0 Å². The summed E-state index contributed by atoms with van der Waals surface area (Å²) in [6.45, 7) is 3.92. The van der Waals surface area contributed by atoms with Crippen molar-refractivity contribution in [2.45, 2.75) is 31.5 Å². The van der Waals surface area contributed by atoms with Gasteiger partial charge in [0.05, 0.1) is 24.9 Å². The van der Waals surface area contributed by atoms with Crippen LogP contribution in [0.4, 0.5) is 0 Å². The molecule has 0 radical (unpaired) electrons. The summed E-state index contributed by atoms with van der Waals surface area (Å²) < 4.78 is 12.1. The number of ether oxygens (including phenoxy) is 2. The van der Waals surface area contributed by atoms with Crippen LogP contribution in [-0.4, -0.2) is 47.2 Å². The van der Waals surface area contributed by atoms with E-state index < -0.39 is 0 Å². The van der Waals surface area contributed by atoms with Crippen molar-refractivity contribution < 1.29 is 14.3 Å². The molecular formula is C20H22N2O3. The van der Waals surface area contributed by atoms with Crippen LogP contribution in [0.5, 0.6) is 5.75 Å². The van der Waals surface area contributed by atoms with Crippen molar-refractivity contribution in [3.8, 4) is 5.75 Å². The van der Waals surface area contributed by atoms with Gasteiger partial charge in [0.15, 0.2) is 0 Å². The maximum absolute atomic E-state index is 12.7. The Morgan fingerprint density at radius 1 is 1.36 bits per heavy atom. The zero-order valence-corrected chi connectivity index (χ0v) is 14.4. The van der Waals surface area contributed by atoms with Gasteiger partial charge in [0.2, 0.25) is 0 Å². The lowest BCUT2D eigenvalue weighted by molar-refractivity contribution is 0.00995. The van der Waals surface area contributed by atoms with Crippen LogP contribution in [0.25, 0.3) is 0 Å². The quantitative estimate of drug-likeness (QED) is 0.863. The normalized spacial score (nSPS) is 25.5. The van der Waals surface area contributed by atoms with Crippen LogP contribution in [-0.2, 0) is 4.74 Å². The molecule has 25 heavy (non-hydrogen) atoms. The number of likely N-dealkylation sites (tertiary alicyclic amines) is 1. The number of benzene rings is 1. The molecule has 4 rings (SSSR count). The number of amides is 1. The molecule has 0 N–H and O–H groups in total. The minimum Gasteiger partial charge on any atom is -0.486 e. The summed E-state index contributed by atoms with van der Waals surface area (Å²) in [5, 5.41) is 0. The molecule has 130 valence electrons. The van der Waals surface area contributed by atoms with Crippen molar-refractivity contribution in [1.82, 2.24) is 9.88 Å². The van der Waals surface area contributed by atoms with Gasteiger partial charge in [-0.3, -0.25) is 9.78 Å². The largest absolute Gasteiger partial charge is 0.486 e. The Hall–Kier alpha value is -2.40. The fraction of sp³-hybridized carbons (Fsp3) is 0.400. The van der Waals surface area contributed by atoms with E-state index in [4.69, 9.17) is 9.47 Å². The van der Waals surface area contributed by atoms with E-state index in [1.54, 1.807) is 12.4 Å². The molecule has 5 nitrogen and oxygen atoms in total. The summed E-state index contributed by atoms with van der Waals surface area (Å²) >= 11 is 0. The highest BCUT2D eigenvalue weighted by molar-refractivity contribution is 5.94. The molecule has 0 aliphatic carbocycles. The SMILES string of the molecule is Cc1cccc(C(=O)N2CC[C@@]3(C[C@H](Oc4cccnc4)CO3)C2)c1. The van der Waals surface area contributed by atoms with Crippen molar-refractivity contribution in [2.75, 3.05) is 19.7 Å². The number of hydrogen-bond donors (Lipinski definition) is 0. The average Bonchev–Trinajstić information content (AvgIpc) is 3.22. The molecule has 1 amide bonds. The van der Waals surface area contributed by atoms with Gasteiger partial charge in [-0.15, -0.1) is 0 Å². The molecule has 2 aliphatic rings. The molecule has 0 bridgehead atoms. The molecule has 2 atom stereocenters. The topological polar surface area (TPSA) is 51.7 Å². The molecule has 2 fully saturated rings. The second-order valence-corrected chi connectivity index (χ2v) is 6.97. The molecular weight excluding hydrogens is 316 g/mol. The fourth-order valence-corrected chi connectivity index (χ4v) is 3.75. The van der Waals surface area contributed by atoms with E-state index >= 15 is 0 Å². The minimum absolute atomic E-state index is 0.0122. The summed E-state index contributed by atoms with van der Waals surface area (Å²) in [4.78, 5) is 18.7. The van der Waals surface area contributed by atoms with Crippen molar-refractivity contribution in [1.29, 1.82) is 0 Å². The molecule has 2 aliphatic heterocycles. The van der Waals surface area contributed by atoms with Gasteiger partial charge in [0.25, 0.3) is 5.91 Å². The molecule has 1 aromatic heterocycles. The van der Waals surface area contributed by atoms with Crippen LogP contribution in [0, 0.1) is 6.92 Å². The van der Waals surface area contributed by atoms with Crippen molar-refractivity contribution in [3.05, 3.63) is 59.9 Å². The van der Waals surface area contributed by atoms with Gasteiger partial charge in [-0.25, -0.2) is 0 Å². The van der Waals surface area contributed by atoms with E-state index in [2.05, 4.69) is 4.98 Å². The highest BCUT2D eigenvalue weighted by Crippen LogP contribution is 2.37. The van der Waals surface area contributed by atoms with E-state index in [0.29, 0.717) is 13.2 Å². The van der Waals surface area contributed by atoms with E-state index in [1.807, 2.05) is 48.2 Å². The third-order valence-corrected chi connectivity index (χ3v) is 4.98. The maximum atomic E-state index is 12.7. The van der Waals surface area contributed by atoms with Crippen molar-refractivity contribution in [2.24, 2.45) is 0 Å². The van der Waals surface area contributed by atoms with E-state index in [9.17, 15) is 4.79 Å². The maximum Gasteiger partial charge on any atom is 0.253 e. The Morgan fingerprint density at radius 3 is 3.08 bits per heavy atom. The number of carbonyl (C=O) groups excluding carboxylic acids is 1. The molecule has 0 unspecified atom stereocenters. The van der Waals surface area contributed by atoms with Crippen LogP contribution in [0.2, 0.25) is 0 Å². The van der Waals surface area contributed by atoms with Crippen molar-refractivity contribution >= 4 is 5.91 Å². The van der Waals surface area contributed by atoms with E-state index in [-0.39, 0.29) is 17.6 Å². The zero-order valence-electron chi connectivity index (χ0n) is 14.4. The number of rotatable bonds is 3. The number of carbonyl (C=O) groups is 1. The molecule has 2 saturated heterocycles. The fourth-order valence-electron chi connectivity index (χ4n) is 3.75. The van der Waals surface area contributed by atoms with Crippen LogP contribution >= 0.6 is 0 Å². The van der Waals surface area contributed by atoms with Gasteiger partial charge in [-0.1, -0.05) is 17.7 Å². The van der Waals surface area contributed by atoms with Gasteiger partial charge in [-0.2, -0.15) is 0 Å². The van der Waals surface area contributed by atoms with Gasteiger partial charge in [0, 0.05) is 24.7 Å². The third kappa shape index (κ3) is 3.37. The molecule has 2 aromatic rings. The van der Waals surface area contributed by atoms with Gasteiger partial charge in [-0.05, 0) is 37.6 Å². The molecule has 1 spiro atoms. The Bertz CT molecular complexity index is 765. The predicted octanol–water partition coefficient (Wildman–Crippen LogP) is 2.84. The van der Waals surface area contributed by atoms with Crippen molar-refractivity contribution in [3.63, 3.8) is 0 Å². The molecule has 0 saturated carbocycles. The highest BCUT2D eigenvalue weighted by atomic mass is 16.6. The zero-order chi connectivity index (χ0) is 17.3. The second-order valence-electron chi connectivity index (χ2n) is 6.97. The lowest BCUT2D eigenvalue weighted by Gasteiger charge is -2.23. The summed E-state index contributed by atoms with van der Waals surface area (Å²) in [6.07, 6.45) is 5.12. The summed E-state index contributed by atoms with van der Waals surface area (Å²) in [5.41, 5.74) is 1.58. The monoisotopic (exact) mass is 338 g/mol. The first-order valence-corrected chi connectivity index (χ1v) is 8.70. The van der Waals surface area contributed by atoms with Crippen LogP contribution in [0.1, 0.15) is 28.8 Å². The first-order chi connectivity index (χ1) is 12.1. The van der Waals surface area contributed by atoms with E-state index in [1.165, 1.54) is 0 Å². The predicted molar refractivity (Wildman–Crippen MR) is 93.7 cm³/mol. The third-order valence-electron chi connectivity index (χ3n) is 4.98. The first-order valence-electron chi connectivity index (χ1n) is 8.70. The van der Waals surface area contributed by atoms with E-state index in [0.717, 1.165) is 36.3 Å². The van der Waals surface area contributed by atoms with Gasteiger partial charge >= 0.3 is 0 Å². The lowest BCUT2D eigenvalue weighted by atomic mass is 9.98. The summed E-state index contributed by atoms with van der Waals surface area (Å²) in [5.74, 6) is 0.847. The number of aryl methyl sites for hydroxylation is 1. The Morgan fingerprint density at radius 2 is 2.28 bits per heavy atom. The number of hydrogen-bond acceptors (Lipinski definition) is 4. The molecule has 3 heterocycles. The number of nitrogens with zero attached hydrogens (tertiary/aromatic N) is 2. The Kier molecular flexibility index (Phi) is 4.17. The molecule has 1 aromatic carbocycles. The standard InChI is InChI=1S/C20H22N2O3/c1-15-4-2-5-16(10-15)19(23)22-9-7-20(14-22)11-18(13-24-20)25-17-6-3-8-21-12-17/h2-6,8,10,12,18H,7,9,11,13-14H2,1H3/t18-,20+/m0/s1. The Balaban J connectivity index is 1.39. The van der Waals surface area contributed by atoms with Crippen LogP contribution in [0.15, 0.2) is 48.8 Å². The smallest absolute Gasteiger partial charge is 0.253 e. The van der Waals surface area contributed by atoms with Gasteiger partial charge < -0.3 is 14.4 Å². The van der Waals surface area contributed by atoms with Gasteiger partial charge in [0.1, 0.15) is 11.9 Å². The molecule has 5 heteroatoms. The minimum atomic E-state index is -0.271. The highest BCUT2D eigenvalue weighted by Gasteiger charge is 2.47. The number of aromatic nitrogens is 1. The van der Waals surface area contributed by atoms with Crippen LogP contribution < -0.4 is 4.74 Å². The summed E-state index contributed by atoms with van der Waals surface area (Å²) in [6, 6.07) is 11.5. The second kappa shape index (κ2) is 6.48. The summed E-state index contributed by atoms with van der Waals surface area (Å²) in [7, 11) is 0.